The molecule has 1 unspecified atom stereocenters. The van der Waals surface area contributed by atoms with Crippen LogP contribution in [-0.2, 0) is 22.4 Å². The van der Waals surface area contributed by atoms with Gasteiger partial charge in [0, 0.05) is 44.6 Å². The first-order valence-corrected chi connectivity index (χ1v) is 13.0. The second kappa shape index (κ2) is 13.5. The van der Waals surface area contributed by atoms with Crippen LogP contribution in [0.15, 0.2) is 91.0 Å². The summed E-state index contributed by atoms with van der Waals surface area (Å²) in [6.45, 7) is 1.74. The Hall–Kier alpha value is -3.55. The first kappa shape index (κ1) is 25.5. The molecule has 36 heavy (non-hydrogen) atoms. The lowest BCUT2D eigenvalue weighted by atomic mass is 9.98. The number of ether oxygens (including phenoxy) is 1. The van der Waals surface area contributed by atoms with E-state index < -0.39 is 0 Å². The Morgan fingerprint density at radius 2 is 1.56 bits per heavy atom. The lowest BCUT2D eigenvalue weighted by molar-refractivity contribution is -0.121. The number of hydrogen-bond acceptors (Lipinski definition) is 6. The van der Waals surface area contributed by atoms with E-state index in [0.29, 0.717) is 32.5 Å². The maximum Gasteiger partial charge on any atom is 0.222 e. The molecule has 0 fully saturated rings. The highest BCUT2D eigenvalue weighted by Crippen LogP contribution is 2.21. The van der Waals surface area contributed by atoms with Gasteiger partial charge in [0.2, 0.25) is 11.0 Å². The van der Waals surface area contributed by atoms with Gasteiger partial charge < -0.3 is 15.0 Å². The molecule has 0 aliphatic rings. The molecule has 7 heteroatoms. The molecule has 1 aromatic heterocycles. The van der Waals surface area contributed by atoms with E-state index >= 15 is 0 Å². The van der Waals surface area contributed by atoms with Gasteiger partial charge in [0.05, 0.1) is 12.6 Å². The molecule has 1 amide bonds. The highest BCUT2D eigenvalue weighted by molar-refractivity contribution is 7.09. The summed E-state index contributed by atoms with van der Waals surface area (Å²) in [6.07, 6.45) is 1.78. The average Bonchev–Trinajstić information content (AvgIpc) is 3.38. The third kappa shape index (κ3) is 7.73. The fraction of sp³-hybridized carbons (Fsp3) is 0.276. The number of carbonyl (C=O) groups excluding carboxylic acids is 1. The lowest BCUT2D eigenvalue weighted by Gasteiger charge is -2.23. The summed E-state index contributed by atoms with van der Waals surface area (Å²) in [5.41, 5.74) is 3.46. The third-order valence-corrected chi connectivity index (χ3v) is 6.74. The molecule has 3 aromatic carbocycles. The van der Waals surface area contributed by atoms with Crippen molar-refractivity contribution in [1.82, 2.24) is 14.7 Å². The summed E-state index contributed by atoms with van der Waals surface area (Å²) in [5.74, 6) is 0.802. The molecular weight excluding hydrogens is 468 g/mol. The van der Waals surface area contributed by atoms with Crippen LogP contribution in [0.3, 0.4) is 0 Å². The Morgan fingerprint density at radius 3 is 2.22 bits per heavy atom. The van der Waals surface area contributed by atoms with Crippen molar-refractivity contribution in [3.8, 4) is 0 Å². The summed E-state index contributed by atoms with van der Waals surface area (Å²) < 4.78 is 9.86. The van der Waals surface area contributed by atoms with Gasteiger partial charge in [0.15, 0.2) is 0 Å². The molecule has 1 atom stereocenters. The second-order valence-corrected chi connectivity index (χ2v) is 9.34. The van der Waals surface area contributed by atoms with Crippen LogP contribution in [0.4, 0.5) is 5.13 Å². The van der Waals surface area contributed by atoms with Crippen LogP contribution in [0.25, 0.3) is 0 Å². The number of benzene rings is 3. The first-order valence-electron chi connectivity index (χ1n) is 12.2. The van der Waals surface area contributed by atoms with Gasteiger partial charge in [-0.25, -0.2) is 4.98 Å². The molecule has 0 saturated carbocycles. The number of aromatic nitrogens is 2. The van der Waals surface area contributed by atoms with Crippen molar-refractivity contribution in [2.24, 2.45) is 0 Å². The van der Waals surface area contributed by atoms with E-state index in [0.717, 1.165) is 22.9 Å². The predicted octanol–water partition coefficient (Wildman–Crippen LogP) is 5.07. The predicted molar refractivity (Wildman–Crippen MR) is 145 cm³/mol. The van der Waals surface area contributed by atoms with E-state index in [9.17, 15) is 4.79 Å². The normalized spacial score (nSPS) is 11.7. The molecular formula is C29H32N4O2S. The van der Waals surface area contributed by atoms with Crippen LogP contribution < -0.4 is 10.2 Å². The zero-order valence-corrected chi connectivity index (χ0v) is 21.4. The number of nitrogens with zero attached hydrogens (tertiary/aromatic N) is 3. The van der Waals surface area contributed by atoms with Crippen molar-refractivity contribution < 1.29 is 9.53 Å². The van der Waals surface area contributed by atoms with Crippen LogP contribution in [0.2, 0.25) is 0 Å². The largest absolute Gasteiger partial charge is 0.383 e. The van der Waals surface area contributed by atoms with Crippen LogP contribution in [-0.4, -0.2) is 42.1 Å². The van der Waals surface area contributed by atoms with E-state index in [1.807, 2.05) is 54.6 Å². The summed E-state index contributed by atoms with van der Waals surface area (Å²) in [6, 6.07) is 30.5. The maximum atomic E-state index is 13.1. The molecule has 4 rings (SSSR count). The molecule has 0 bridgehead atoms. The van der Waals surface area contributed by atoms with Crippen molar-refractivity contribution >= 4 is 22.6 Å². The van der Waals surface area contributed by atoms with Crippen molar-refractivity contribution in [1.29, 1.82) is 0 Å². The molecule has 0 aliphatic carbocycles. The smallest absolute Gasteiger partial charge is 0.222 e. The summed E-state index contributed by atoms with van der Waals surface area (Å²) >= 11 is 1.37. The van der Waals surface area contributed by atoms with Gasteiger partial charge in [-0.15, -0.1) is 0 Å². The first-order chi connectivity index (χ1) is 17.7. The quantitative estimate of drug-likeness (QED) is 0.278. The van der Waals surface area contributed by atoms with E-state index in [2.05, 4.69) is 51.0 Å². The zero-order chi connectivity index (χ0) is 25.0. The van der Waals surface area contributed by atoms with Gasteiger partial charge in [-0.1, -0.05) is 91.0 Å². The van der Waals surface area contributed by atoms with Crippen LogP contribution >= 0.6 is 11.5 Å². The third-order valence-electron chi connectivity index (χ3n) is 5.93. The molecule has 0 aliphatic heterocycles. The molecule has 0 saturated heterocycles. The highest BCUT2D eigenvalue weighted by Gasteiger charge is 2.18. The average molecular weight is 501 g/mol. The fourth-order valence-corrected chi connectivity index (χ4v) is 4.75. The molecule has 186 valence electrons. The van der Waals surface area contributed by atoms with Crippen molar-refractivity contribution in [3.05, 3.63) is 114 Å². The maximum absolute atomic E-state index is 13.1. The van der Waals surface area contributed by atoms with E-state index in [1.165, 1.54) is 22.7 Å². The van der Waals surface area contributed by atoms with Crippen LogP contribution in [0.5, 0.6) is 0 Å². The number of amides is 1. The van der Waals surface area contributed by atoms with Gasteiger partial charge in [-0.05, 0) is 23.1 Å². The van der Waals surface area contributed by atoms with E-state index in [-0.39, 0.29) is 11.9 Å². The lowest BCUT2D eigenvalue weighted by Crippen LogP contribution is -2.35. The standard InChI is InChI=1S/C29H32N4O2S/c1-35-20-19-33(29-31-27(32-36-29)22-24-13-7-3-8-14-24)18-17-28(34)30-26(25-15-9-4-10-16-25)21-23-11-5-2-6-12-23/h2-16,26H,17-22H2,1H3,(H,30,34). The molecule has 0 radical (unpaired) electrons. The minimum Gasteiger partial charge on any atom is -0.383 e. The summed E-state index contributed by atoms with van der Waals surface area (Å²) in [5, 5.41) is 4.07. The van der Waals surface area contributed by atoms with Crippen molar-refractivity contribution in [2.75, 3.05) is 31.7 Å². The van der Waals surface area contributed by atoms with E-state index in [1.54, 1.807) is 7.11 Å². The number of carbonyl (C=O) groups is 1. The highest BCUT2D eigenvalue weighted by atomic mass is 32.1. The number of rotatable bonds is 13. The summed E-state index contributed by atoms with van der Waals surface area (Å²) in [7, 11) is 1.68. The monoisotopic (exact) mass is 500 g/mol. The van der Waals surface area contributed by atoms with Crippen molar-refractivity contribution in [3.63, 3.8) is 0 Å². The number of nitrogens with one attached hydrogen (secondary N) is 1. The van der Waals surface area contributed by atoms with Gasteiger partial charge >= 0.3 is 0 Å². The van der Waals surface area contributed by atoms with Gasteiger partial charge in [0.25, 0.3) is 0 Å². The number of anilines is 1. The van der Waals surface area contributed by atoms with Crippen molar-refractivity contribution in [2.45, 2.75) is 25.3 Å². The Balaban J connectivity index is 1.39. The molecule has 4 aromatic rings. The Bertz CT molecular complexity index is 1190. The minimum atomic E-state index is -0.0903. The topological polar surface area (TPSA) is 67.3 Å². The zero-order valence-electron chi connectivity index (χ0n) is 20.5. The van der Waals surface area contributed by atoms with Gasteiger partial charge in [-0.3, -0.25) is 4.79 Å². The fourth-order valence-electron chi connectivity index (χ4n) is 4.02. The second-order valence-electron chi connectivity index (χ2n) is 8.61. The SMILES string of the molecule is COCCN(CCC(=O)NC(Cc1ccccc1)c1ccccc1)c1nc(Cc2ccccc2)ns1. The number of hydrogen-bond donors (Lipinski definition) is 1. The Kier molecular flexibility index (Phi) is 9.59. The Labute approximate surface area is 217 Å². The molecule has 1 heterocycles. The minimum absolute atomic E-state index is 0.0104. The molecule has 0 spiro atoms. The summed E-state index contributed by atoms with van der Waals surface area (Å²) in [4.78, 5) is 19.9. The van der Waals surface area contributed by atoms with Gasteiger partial charge in [-0.2, -0.15) is 4.37 Å². The molecule has 6 nitrogen and oxygen atoms in total. The van der Waals surface area contributed by atoms with E-state index in [4.69, 9.17) is 9.72 Å². The van der Waals surface area contributed by atoms with Crippen LogP contribution in [0, 0.1) is 0 Å². The van der Waals surface area contributed by atoms with Crippen LogP contribution in [0.1, 0.15) is 35.0 Å². The molecule has 1 N–H and O–H groups in total. The number of methoxy groups -OCH3 is 1. The Morgan fingerprint density at radius 1 is 0.917 bits per heavy atom. The van der Waals surface area contributed by atoms with Gasteiger partial charge in [0.1, 0.15) is 5.82 Å².